The van der Waals surface area contributed by atoms with Crippen molar-refractivity contribution in [2.24, 2.45) is 0 Å². The molecule has 26 heavy (non-hydrogen) atoms. The normalized spacial score (nSPS) is 13.3. The molecule has 1 saturated heterocycles. The third-order valence-electron chi connectivity index (χ3n) is 4.41. The number of nitrogens with two attached hydrogens (primary N) is 1. The summed E-state index contributed by atoms with van der Waals surface area (Å²) in [7, 11) is 0. The third kappa shape index (κ3) is 6.07. The zero-order valence-corrected chi connectivity index (χ0v) is 16.3. The molecule has 0 unspecified atom stereocenters. The monoisotopic (exact) mass is 396 g/mol. The van der Waals surface area contributed by atoms with Crippen LogP contribution in [0.4, 0.5) is 17.2 Å². The van der Waals surface area contributed by atoms with Crippen molar-refractivity contribution < 1.29 is 4.79 Å². The van der Waals surface area contributed by atoms with Crippen molar-refractivity contribution in [2.75, 3.05) is 29.0 Å². The molecule has 3 rings (SSSR count). The van der Waals surface area contributed by atoms with Gasteiger partial charge in [0.2, 0.25) is 5.91 Å². The third-order valence-corrected chi connectivity index (χ3v) is 4.41. The minimum absolute atomic E-state index is 0. The van der Waals surface area contributed by atoms with Crippen molar-refractivity contribution in [1.82, 2.24) is 4.98 Å². The van der Waals surface area contributed by atoms with Gasteiger partial charge in [0, 0.05) is 25.2 Å². The highest BCUT2D eigenvalue weighted by molar-refractivity contribution is 5.90. The van der Waals surface area contributed by atoms with Gasteiger partial charge in [-0.15, -0.1) is 24.8 Å². The number of amides is 1. The van der Waals surface area contributed by atoms with Gasteiger partial charge in [-0.2, -0.15) is 0 Å². The number of carbonyl (C=O) groups is 1. The van der Waals surface area contributed by atoms with E-state index in [4.69, 9.17) is 5.73 Å². The van der Waals surface area contributed by atoms with E-state index in [1.807, 2.05) is 42.6 Å². The van der Waals surface area contributed by atoms with Crippen LogP contribution < -0.4 is 16.0 Å². The highest BCUT2D eigenvalue weighted by atomic mass is 35.5. The van der Waals surface area contributed by atoms with Gasteiger partial charge in [-0.25, -0.2) is 4.98 Å². The Balaban J connectivity index is 0.00000169. The maximum atomic E-state index is 12.1. The van der Waals surface area contributed by atoms with Crippen LogP contribution in [0.25, 0.3) is 0 Å². The Bertz CT molecular complexity index is 688. The summed E-state index contributed by atoms with van der Waals surface area (Å²) in [6.45, 7) is 2.18. The maximum absolute atomic E-state index is 12.1. The molecule has 0 saturated carbocycles. The molecule has 0 bridgehead atoms. The average Bonchev–Trinajstić information content (AvgIpc) is 2.62. The molecular formula is C19H26Cl2N4O. The zero-order valence-electron chi connectivity index (χ0n) is 14.7. The van der Waals surface area contributed by atoms with E-state index in [9.17, 15) is 4.79 Å². The first kappa shape index (κ1) is 22.1. The molecule has 0 radical (unpaired) electrons. The summed E-state index contributed by atoms with van der Waals surface area (Å²) >= 11 is 0. The number of hydrogen-bond acceptors (Lipinski definition) is 4. The number of hydrogen-bond donors (Lipinski definition) is 2. The summed E-state index contributed by atoms with van der Waals surface area (Å²) in [4.78, 5) is 18.8. The first-order valence-electron chi connectivity index (χ1n) is 8.56. The molecule has 2 aromatic rings. The van der Waals surface area contributed by atoms with Crippen LogP contribution in [-0.4, -0.2) is 24.0 Å². The summed E-state index contributed by atoms with van der Waals surface area (Å²) in [5, 5.41) is 2.85. The molecule has 2 heterocycles. The number of pyridine rings is 1. The van der Waals surface area contributed by atoms with Crippen LogP contribution >= 0.6 is 24.8 Å². The Kier molecular flexibility index (Phi) is 9.24. The molecule has 0 atom stereocenters. The Morgan fingerprint density at radius 1 is 1.08 bits per heavy atom. The van der Waals surface area contributed by atoms with E-state index in [1.165, 1.54) is 19.3 Å². The summed E-state index contributed by atoms with van der Waals surface area (Å²) in [5.74, 6) is 0.554. The van der Waals surface area contributed by atoms with Crippen LogP contribution in [0.1, 0.15) is 31.2 Å². The van der Waals surface area contributed by atoms with E-state index in [2.05, 4.69) is 15.2 Å². The Morgan fingerprint density at radius 3 is 2.46 bits per heavy atom. The van der Waals surface area contributed by atoms with Gasteiger partial charge in [-0.1, -0.05) is 18.2 Å². The summed E-state index contributed by atoms with van der Waals surface area (Å²) < 4.78 is 0. The lowest BCUT2D eigenvalue weighted by molar-refractivity contribution is -0.116. The zero-order chi connectivity index (χ0) is 16.8. The minimum atomic E-state index is -0.0449. The lowest BCUT2D eigenvalue weighted by Crippen LogP contribution is -2.29. The molecule has 1 amide bonds. The second-order valence-electron chi connectivity index (χ2n) is 6.20. The largest absolute Gasteiger partial charge is 0.399 e. The Hall–Kier alpha value is -1.98. The molecule has 1 aliphatic rings. The molecule has 1 aromatic carbocycles. The van der Waals surface area contributed by atoms with Gasteiger partial charge < -0.3 is 16.0 Å². The molecule has 1 aromatic heterocycles. The number of nitrogens with one attached hydrogen (secondary N) is 1. The topological polar surface area (TPSA) is 71.2 Å². The minimum Gasteiger partial charge on any atom is -0.399 e. The molecular weight excluding hydrogens is 371 g/mol. The highest BCUT2D eigenvalue weighted by Crippen LogP contribution is 2.20. The van der Waals surface area contributed by atoms with Crippen LogP contribution in [0.5, 0.6) is 0 Å². The molecule has 0 spiro atoms. The van der Waals surface area contributed by atoms with Gasteiger partial charge in [0.1, 0.15) is 5.82 Å². The average molecular weight is 397 g/mol. The van der Waals surface area contributed by atoms with E-state index in [0.717, 1.165) is 30.0 Å². The molecule has 7 heteroatoms. The molecule has 1 aliphatic heterocycles. The number of aromatic nitrogens is 1. The molecule has 0 aliphatic carbocycles. The number of anilines is 3. The maximum Gasteiger partial charge on any atom is 0.225 e. The van der Waals surface area contributed by atoms with Crippen molar-refractivity contribution in [1.29, 1.82) is 0 Å². The van der Waals surface area contributed by atoms with Crippen molar-refractivity contribution >= 4 is 47.9 Å². The van der Waals surface area contributed by atoms with Gasteiger partial charge in [0.25, 0.3) is 0 Å². The summed E-state index contributed by atoms with van der Waals surface area (Å²) in [5.41, 5.74) is 8.76. The fraction of sp³-hybridized carbons (Fsp3) is 0.368. The van der Waals surface area contributed by atoms with E-state index < -0.39 is 0 Å². The van der Waals surface area contributed by atoms with Gasteiger partial charge in [0.15, 0.2) is 0 Å². The number of aryl methyl sites for hydroxylation is 1. The van der Waals surface area contributed by atoms with Gasteiger partial charge in [-0.3, -0.25) is 4.79 Å². The number of nitrogen functional groups attached to an aromatic ring is 1. The number of nitrogens with zero attached hydrogens (tertiary/aromatic N) is 2. The smallest absolute Gasteiger partial charge is 0.225 e. The first-order chi connectivity index (χ1) is 11.7. The van der Waals surface area contributed by atoms with Crippen molar-refractivity contribution in [3.8, 4) is 0 Å². The first-order valence-corrected chi connectivity index (χ1v) is 8.56. The molecule has 142 valence electrons. The van der Waals surface area contributed by atoms with E-state index in [1.54, 1.807) is 0 Å². The lowest BCUT2D eigenvalue weighted by atomic mass is 10.1. The predicted octanol–water partition coefficient (Wildman–Crippen LogP) is 4.07. The molecule has 3 N–H and O–H groups in total. The Labute approximate surface area is 167 Å². The number of carbonyl (C=O) groups excluding carboxylic acids is 1. The predicted molar refractivity (Wildman–Crippen MR) is 113 cm³/mol. The Morgan fingerprint density at radius 2 is 1.81 bits per heavy atom. The van der Waals surface area contributed by atoms with E-state index in [0.29, 0.717) is 18.7 Å². The van der Waals surface area contributed by atoms with Crippen molar-refractivity contribution in [3.63, 3.8) is 0 Å². The van der Waals surface area contributed by atoms with Gasteiger partial charge in [-0.05, 0) is 49.4 Å². The van der Waals surface area contributed by atoms with Crippen LogP contribution in [-0.2, 0) is 11.2 Å². The van der Waals surface area contributed by atoms with Crippen LogP contribution in [0.2, 0.25) is 0 Å². The second kappa shape index (κ2) is 10.9. The lowest BCUT2D eigenvalue weighted by Gasteiger charge is -2.28. The SMILES string of the molecule is Cl.Cl.Nc1ccccc1CCC(=O)Nc1ccc(N2CCCCC2)cn1. The van der Waals surface area contributed by atoms with Crippen LogP contribution in [0, 0.1) is 0 Å². The number of benzene rings is 1. The van der Waals surface area contributed by atoms with Crippen molar-refractivity contribution in [3.05, 3.63) is 48.2 Å². The summed E-state index contributed by atoms with van der Waals surface area (Å²) in [6.07, 6.45) is 6.65. The summed E-state index contributed by atoms with van der Waals surface area (Å²) in [6, 6.07) is 11.5. The van der Waals surface area contributed by atoms with E-state index in [-0.39, 0.29) is 30.7 Å². The molecule has 1 fully saturated rings. The number of para-hydroxylation sites is 1. The van der Waals surface area contributed by atoms with Gasteiger partial charge >= 0.3 is 0 Å². The number of rotatable bonds is 5. The number of piperidine rings is 1. The van der Waals surface area contributed by atoms with Crippen LogP contribution in [0.3, 0.4) is 0 Å². The highest BCUT2D eigenvalue weighted by Gasteiger charge is 2.11. The molecule has 5 nitrogen and oxygen atoms in total. The number of halogens is 2. The fourth-order valence-electron chi connectivity index (χ4n) is 3.01. The van der Waals surface area contributed by atoms with E-state index >= 15 is 0 Å². The second-order valence-corrected chi connectivity index (χ2v) is 6.20. The van der Waals surface area contributed by atoms with Crippen molar-refractivity contribution in [2.45, 2.75) is 32.1 Å². The van der Waals surface area contributed by atoms with Gasteiger partial charge in [0.05, 0.1) is 11.9 Å². The van der Waals surface area contributed by atoms with Crippen LogP contribution in [0.15, 0.2) is 42.6 Å². The fourth-order valence-corrected chi connectivity index (χ4v) is 3.01. The quantitative estimate of drug-likeness (QED) is 0.747. The standard InChI is InChI=1S/C19H24N4O.2ClH/c20-17-7-3-2-6-15(17)8-11-19(24)22-18-10-9-16(14-21-18)23-12-4-1-5-13-23;;/h2-3,6-7,9-10,14H,1,4-5,8,11-13,20H2,(H,21,22,24);2*1H.